The molecule has 1 aliphatic rings. The summed E-state index contributed by atoms with van der Waals surface area (Å²) < 4.78 is 13.0. The Morgan fingerprint density at radius 1 is 1.22 bits per heavy atom. The number of nitrogens with one attached hydrogen (secondary N) is 1. The molecule has 0 radical (unpaired) electrons. The molecule has 0 aliphatic carbocycles. The average molecular weight is 332 g/mol. The SMILES string of the molecule is CC1(C)C(=O)NCCN1C(=O)c1ccc(-c2ccc(F)cc2)s1. The highest BCUT2D eigenvalue weighted by atomic mass is 32.1. The molecule has 1 aromatic carbocycles. The second kappa shape index (κ2) is 5.77. The van der Waals surface area contributed by atoms with E-state index in [1.807, 2.05) is 6.07 Å². The number of nitrogens with zero attached hydrogens (tertiary/aromatic N) is 1. The van der Waals surface area contributed by atoms with Crippen molar-refractivity contribution < 1.29 is 14.0 Å². The lowest BCUT2D eigenvalue weighted by Gasteiger charge is -2.40. The Balaban J connectivity index is 1.86. The summed E-state index contributed by atoms with van der Waals surface area (Å²) in [4.78, 5) is 27.8. The molecule has 1 fully saturated rings. The van der Waals surface area contributed by atoms with Gasteiger partial charge in [0.2, 0.25) is 5.91 Å². The highest BCUT2D eigenvalue weighted by Gasteiger charge is 2.41. The van der Waals surface area contributed by atoms with Gasteiger partial charge in [0.25, 0.3) is 5.91 Å². The van der Waals surface area contributed by atoms with Crippen LogP contribution in [0.1, 0.15) is 23.5 Å². The van der Waals surface area contributed by atoms with Crippen LogP contribution in [0.25, 0.3) is 10.4 Å². The summed E-state index contributed by atoms with van der Waals surface area (Å²) in [6.45, 7) is 4.44. The van der Waals surface area contributed by atoms with E-state index in [0.29, 0.717) is 18.0 Å². The Hall–Kier alpha value is -2.21. The molecule has 0 spiro atoms. The quantitative estimate of drug-likeness (QED) is 0.919. The maximum atomic E-state index is 13.0. The number of piperazine rings is 1. The van der Waals surface area contributed by atoms with Gasteiger partial charge in [0.15, 0.2) is 0 Å². The largest absolute Gasteiger partial charge is 0.352 e. The average Bonchev–Trinajstić information content (AvgIpc) is 3.00. The fourth-order valence-corrected chi connectivity index (χ4v) is 3.57. The summed E-state index contributed by atoms with van der Waals surface area (Å²) in [5.41, 5.74) is 0.00104. The number of rotatable bonds is 2. The molecule has 0 saturated carbocycles. The van der Waals surface area contributed by atoms with Crippen molar-refractivity contribution in [2.75, 3.05) is 13.1 Å². The maximum Gasteiger partial charge on any atom is 0.264 e. The van der Waals surface area contributed by atoms with Gasteiger partial charge in [-0.25, -0.2) is 4.39 Å². The van der Waals surface area contributed by atoms with Crippen molar-refractivity contribution in [3.05, 3.63) is 47.1 Å². The Morgan fingerprint density at radius 2 is 1.91 bits per heavy atom. The van der Waals surface area contributed by atoms with Gasteiger partial charge in [0.1, 0.15) is 11.4 Å². The molecule has 4 nitrogen and oxygen atoms in total. The minimum Gasteiger partial charge on any atom is -0.352 e. The molecular formula is C17H17FN2O2S. The molecule has 6 heteroatoms. The fraction of sp³-hybridized carbons (Fsp3) is 0.294. The van der Waals surface area contributed by atoms with Gasteiger partial charge in [-0.05, 0) is 43.7 Å². The van der Waals surface area contributed by atoms with Crippen molar-refractivity contribution in [2.45, 2.75) is 19.4 Å². The van der Waals surface area contributed by atoms with E-state index in [1.54, 1.807) is 36.9 Å². The lowest BCUT2D eigenvalue weighted by Crippen LogP contribution is -2.63. The summed E-state index contributed by atoms with van der Waals surface area (Å²) >= 11 is 1.35. The third kappa shape index (κ3) is 2.86. The first-order valence-electron chi connectivity index (χ1n) is 7.35. The van der Waals surface area contributed by atoms with Crippen LogP contribution in [0.2, 0.25) is 0 Å². The van der Waals surface area contributed by atoms with Crippen molar-refractivity contribution in [1.29, 1.82) is 0 Å². The zero-order valence-electron chi connectivity index (χ0n) is 12.9. The third-order valence-corrected chi connectivity index (χ3v) is 5.16. The molecule has 0 atom stereocenters. The van der Waals surface area contributed by atoms with Gasteiger partial charge in [0, 0.05) is 18.0 Å². The standard InChI is InChI=1S/C17H17FN2O2S/c1-17(2)16(22)19-9-10-20(17)15(21)14-8-7-13(23-14)11-3-5-12(18)6-4-11/h3-8H,9-10H2,1-2H3,(H,19,22). The minimum atomic E-state index is -0.866. The first kappa shape index (κ1) is 15.7. The minimum absolute atomic E-state index is 0.146. The van der Waals surface area contributed by atoms with Gasteiger partial charge in [-0.3, -0.25) is 9.59 Å². The van der Waals surface area contributed by atoms with Crippen LogP contribution in [0.5, 0.6) is 0 Å². The van der Waals surface area contributed by atoms with Crippen LogP contribution < -0.4 is 5.32 Å². The smallest absolute Gasteiger partial charge is 0.264 e. The van der Waals surface area contributed by atoms with Gasteiger partial charge < -0.3 is 10.2 Å². The summed E-state index contributed by atoms with van der Waals surface area (Å²) in [7, 11) is 0. The number of hydrogen-bond donors (Lipinski definition) is 1. The Morgan fingerprint density at radius 3 is 2.61 bits per heavy atom. The predicted molar refractivity (Wildman–Crippen MR) is 87.8 cm³/mol. The normalized spacial score (nSPS) is 17.0. The zero-order valence-corrected chi connectivity index (χ0v) is 13.7. The van der Waals surface area contributed by atoms with E-state index < -0.39 is 5.54 Å². The molecule has 2 amide bonds. The van der Waals surface area contributed by atoms with E-state index in [1.165, 1.54) is 23.5 Å². The van der Waals surface area contributed by atoms with E-state index in [-0.39, 0.29) is 17.6 Å². The highest BCUT2D eigenvalue weighted by molar-refractivity contribution is 7.17. The van der Waals surface area contributed by atoms with Gasteiger partial charge in [0.05, 0.1) is 4.88 Å². The van der Waals surface area contributed by atoms with Gasteiger partial charge in [-0.1, -0.05) is 12.1 Å². The second-order valence-electron chi connectivity index (χ2n) is 5.94. The van der Waals surface area contributed by atoms with Crippen molar-refractivity contribution in [2.24, 2.45) is 0 Å². The van der Waals surface area contributed by atoms with E-state index in [9.17, 15) is 14.0 Å². The Kier molecular flexibility index (Phi) is 3.93. The summed E-state index contributed by atoms with van der Waals surface area (Å²) in [5.74, 6) is -0.585. The molecule has 2 heterocycles. The monoisotopic (exact) mass is 332 g/mol. The maximum absolute atomic E-state index is 13.0. The van der Waals surface area contributed by atoms with Crippen LogP contribution in [0.3, 0.4) is 0 Å². The van der Waals surface area contributed by atoms with E-state index in [2.05, 4.69) is 5.32 Å². The van der Waals surface area contributed by atoms with Gasteiger partial charge in [-0.2, -0.15) is 0 Å². The number of hydrogen-bond acceptors (Lipinski definition) is 3. The van der Waals surface area contributed by atoms with Crippen LogP contribution in [0, 0.1) is 5.82 Å². The van der Waals surface area contributed by atoms with Crippen molar-refractivity contribution in [3.8, 4) is 10.4 Å². The van der Waals surface area contributed by atoms with Crippen LogP contribution in [0.15, 0.2) is 36.4 Å². The predicted octanol–water partition coefficient (Wildman–Crippen LogP) is 2.90. The molecule has 120 valence electrons. The van der Waals surface area contributed by atoms with Gasteiger partial charge >= 0.3 is 0 Å². The zero-order chi connectivity index (χ0) is 16.6. The van der Waals surface area contributed by atoms with Gasteiger partial charge in [-0.15, -0.1) is 11.3 Å². The number of amides is 2. The number of halogens is 1. The van der Waals surface area contributed by atoms with Crippen LogP contribution in [-0.4, -0.2) is 35.3 Å². The molecule has 23 heavy (non-hydrogen) atoms. The van der Waals surface area contributed by atoms with Crippen molar-refractivity contribution in [3.63, 3.8) is 0 Å². The molecule has 2 aromatic rings. The molecule has 1 aliphatic heterocycles. The lowest BCUT2D eigenvalue weighted by molar-refractivity contribution is -0.133. The van der Waals surface area contributed by atoms with Crippen LogP contribution in [0.4, 0.5) is 4.39 Å². The number of thiophene rings is 1. The first-order valence-corrected chi connectivity index (χ1v) is 8.17. The van der Waals surface area contributed by atoms with E-state index >= 15 is 0 Å². The van der Waals surface area contributed by atoms with E-state index in [4.69, 9.17) is 0 Å². The molecule has 3 rings (SSSR count). The molecular weight excluding hydrogens is 315 g/mol. The summed E-state index contributed by atoms with van der Waals surface area (Å²) in [5, 5.41) is 2.78. The second-order valence-corrected chi connectivity index (χ2v) is 7.03. The summed E-state index contributed by atoms with van der Waals surface area (Å²) in [6.07, 6.45) is 0. The topological polar surface area (TPSA) is 49.4 Å². The fourth-order valence-electron chi connectivity index (χ4n) is 2.61. The molecule has 1 aromatic heterocycles. The molecule has 0 bridgehead atoms. The molecule has 1 N–H and O–H groups in total. The summed E-state index contributed by atoms with van der Waals surface area (Å²) in [6, 6.07) is 9.78. The Labute approximate surface area is 137 Å². The number of benzene rings is 1. The number of carbonyl (C=O) groups is 2. The number of carbonyl (C=O) groups excluding carboxylic acids is 2. The molecule has 1 saturated heterocycles. The first-order chi connectivity index (χ1) is 10.9. The Bertz CT molecular complexity index is 752. The van der Waals surface area contributed by atoms with Crippen molar-refractivity contribution >= 4 is 23.2 Å². The third-order valence-electron chi connectivity index (χ3n) is 4.04. The molecule has 0 unspecified atom stereocenters. The lowest BCUT2D eigenvalue weighted by atomic mass is 9.98. The van der Waals surface area contributed by atoms with Crippen molar-refractivity contribution in [1.82, 2.24) is 10.2 Å². The highest BCUT2D eigenvalue weighted by Crippen LogP contribution is 2.30. The van der Waals surface area contributed by atoms with E-state index in [0.717, 1.165) is 10.4 Å². The van der Waals surface area contributed by atoms with Crippen LogP contribution in [-0.2, 0) is 4.79 Å². The van der Waals surface area contributed by atoms with Crippen LogP contribution >= 0.6 is 11.3 Å².